The number of fused-ring (bicyclic) bond motifs is 1. The third-order valence-corrected chi connectivity index (χ3v) is 7.46. The quantitative estimate of drug-likeness (QED) is 0.808. The molecule has 1 saturated carbocycles. The second-order valence-electron chi connectivity index (χ2n) is 5.65. The lowest BCUT2D eigenvalue weighted by molar-refractivity contribution is -0.0716. The molecule has 5 nitrogen and oxygen atoms in total. The van der Waals surface area contributed by atoms with Crippen molar-refractivity contribution in [1.29, 1.82) is 0 Å². The minimum atomic E-state index is -3.60. The van der Waals surface area contributed by atoms with Gasteiger partial charge in [0.25, 0.3) is 15.8 Å². The third-order valence-electron chi connectivity index (χ3n) is 3.97. The standard InChI is InChI=1S/C15H14BrNO4S2/c16-13-5-6-14(22-13)23(18,19)17-10-3-4-11-12(9-10)21-15(20-11)7-1-2-8-15/h3-6,9,17H,1-2,7-8H2. The molecule has 0 amide bonds. The first-order valence-corrected chi connectivity index (χ1v) is 10.4. The highest BCUT2D eigenvalue weighted by Crippen LogP contribution is 2.47. The molecule has 0 bridgehead atoms. The van der Waals surface area contributed by atoms with E-state index in [1.165, 1.54) is 0 Å². The van der Waals surface area contributed by atoms with Gasteiger partial charge >= 0.3 is 0 Å². The van der Waals surface area contributed by atoms with Crippen molar-refractivity contribution < 1.29 is 17.9 Å². The predicted molar refractivity (Wildman–Crippen MR) is 91.7 cm³/mol. The minimum absolute atomic E-state index is 0.259. The van der Waals surface area contributed by atoms with E-state index in [2.05, 4.69) is 20.7 Å². The zero-order chi connectivity index (χ0) is 16.1. The zero-order valence-corrected chi connectivity index (χ0v) is 15.3. The average molecular weight is 416 g/mol. The van der Waals surface area contributed by atoms with Crippen molar-refractivity contribution in [3.63, 3.8) is 0 Å². The summed E-state index contributed by atoms with van der Waals surface area (Å²) >= 11 is 4.44. The first-order chi connectivity index (χ1) is 11.0. The lowest BCUT2D eigenvalue weighted by atomic mass is 10.2. The van der Waals surface area contributed by atoms with Crippen LogP contribution in [0.1, 0.15) is 25.7 Å². The average Bonchev–Trinajstić information content (AvgIpc) is 3.19. The number of sulfonamides is 1. The van der Waals surface area contributed by atoms with Crippen LogP contribution in [0.3, 0.4) is 0 Å². The van der Waals surface area contributed by atoms with E-state index in [1.807, 2.05) is 0 Å². The van der Waals surface area contributed by atoms with Crippen molar-refractivity contribution in [2.45, 2.75) is 35.7 Å². The molecular weight excluding hydrogens is 402 g/mol. The Bertz CT molecular complexity index is 856. The van der Waals surface area contributed by atoms with Gasteiger partial charge in [-0.15, -0.1) is 11.3 Å². The maximum atomic E-state index is 12.4. The Morgan fingerprint density at radius 3 is 2.52 bits per heavy atom. The molecule has 2 aromatic rings. The van der Waals surface area contributed by atoms with Crippen LogP contribution < -0.4 is 14.2 Å². The molecule has 0 unspecified atom stereocenters. The summed E-state index contributed by atoms with van der Waals surface area (Å²) in [6.45, 7) is 0. The molecule has 0 saturated heterocycles. The summed E-state index contributed by atoms with van der Waals surface area (Å²) < 4.78 is 40.2. The normalized spacial score (nSPS) is 18.5. The van der Waals surface area contributed by atoms with Gasteiger partial charge in [0.05, 0.1) is 9.47 Å². The number of ether oxygens (including phenoxy) is 2. The molecule has 1 N–H and O–H groups in total. The molecule has 23 heavy (non-hydrogen) atoms. The van der Waals surface area contributed by atoms with Crippen molar-refractivity contribution in [2.24, 2.45) is 0 Å². The van der Waals surface area contributed by atoms with E-state index >= 15 is 0 Å². The Kier molecular flexibility index (Phi) is 3.58. The lowest BCUT2D eigenvalue weighted by Crippen LogP contribution is -2.34. The van der Waals surface area contributed by atoms with Crippen LogP contribution in [-0.2, 0) is 10.0 Å². The molecule has 2 aliphatic rings. The molecule has 4 rings (SSSR count). The molecule has 1 fully saturated rings. The molecule has 2 heterocycles. The van der Waals surface area contributed by atoms with Crippen LogP contribution in [0.2, 0.25) is 0 Å². The number of hydrogen-bond donors (Lipinski definition) is 1. The second kappa shape index (κ2) is 5.39. The fraction of sp³-hybridized carbons (Fsp3) is 0.333. The number of thiophene rings is 1. The Hall–Kier alpha value is -1.25. The van der Waals surface area contributed by atoms with Gasteiger partial charge in [0, 0.05) is 18.9 Å². The van der Waals surface area contributed by atoms with Crippen LogP contribution in [-0.4, -0.2) is 14.2 Å². The van der Waals surface area contributed by atoms with Crippen LogP contribution >= 0.6 is 27.3 Å². The highest BCUT2D eigenvalue weighted by molar-refractivity contribution is 9.11. The van der Waals surface area contributed by atoms with Gasteiger partial charge in [-0.2, -0.15) is 0 Å². The SMILES string of the molecule is O=S(=O)(Nc1ccc2c(c1)OC1(CCCC1)O2)c1ccc(Br)s1. The number of benzene rings is 1. The summed E-state index contributed by atoms with van der Waals surface area (Å²) in [5.41, 5.74) is 0.465. The highest BCUT2D eigenvalue weighted by Gasteiger charge is 2.44. The van der Waals surface area contributed by atoms with Crippen LogP contribution in [0.25, 0.3) is 0 Å². The minimum Gasteiger partial charge on any atom is -0.448 e. The topological polar surface area (TPSA) is 64.6 Å². The molecule has 0 atom stereocenters. The molecule has 122 valence electrons. The van der Waals surface area contributed by atoms with Crippen LogP contribution in [0.15, 0.2) is 38.3 Å². The van der Waals surface area contributed by atoms with Gasteiger partial charge in [-0.1, -0.05) is 0 Å². The van der Waals surface area contributed by atoms with Gasteiger partial charge in [0.1, 0.15) is 4.21 Å². The number of halogens is 1. The summed E-state index contributed by atoms with van der Waals surface area (Å²) in [5, 5.41) is 0. The molecular formula is C15H14BrNO4S2. The van der Waals surface area contributed by atoms with E-state index in [9.17, 15) is 8.42 Å². The van der Waals surface area contributed by atoms with Crippen LogP contribution in [0.5, 0.6) is 11.5 Å². The monoisotopic (exact) mass is 415 g/mol. The maximum Gasteiger partial charge on any atom is 0.271 e. The largest absolute Gasteiger partial charge is 0.448 e. The molecule has 1 spiro atoms. The molecule has 1 aliphatic heterocycles. The summed E-state index contributed by atoms with van der Waals surface area (Å²) in [6, 6.07) is 8.41. The first-order valence-electron chi connectivity index (χ1n) is 7.26. The van der Waals surface area contributed by atoms with Crippen LogP contribution in [0, 0.1) is 0 Å². The van der Waals surface area contributed by atoms with E-state index in [4.69, 9.17) is 9.47 Å². The number of rotatable bonds is 3. The summed E-state index contributed by atoms with van der Waals surface area (Å²) in [7, 11) is -3.60. The van der Waals surface area contributed by atoms with Gasteiger partial charge in [-0.3, -0.25) is 4.72 Å². The van der Waals surface area contributed by atoms with Gasteiger partial charge < -0.3 is 9.47 Å². The summed E-state index contributed by atoms with van der Waals surface area (Å²) in [6.07, 6.45) is 3.90. The number of hydrogen-bond acceptors (Lipinski definition) is 5. The first kappa shape index (κ1) is 15.3. The predicted octanol–water partition coefficient (Wildman–Crippen LogP) is 4.35. The molecule has 1 aromatic carbocycles. The van der Waals surface area contributed by atoms with Crippen molar-refractivity contribution in [1.82, 2.24) is 0 Å². The Balaban J connectivity index is 1.58. The summed E-state index contributed by atoms with van der Waals surface area (Å²) in [4.78, 5) is 0. The molecule has 1 aliphatic carbocycles. The van der Waals surface area contributed by atoms with E-state index < -0.39 is 15.8 Å². The maximum absolute atomic E-state index is 12.4. The third kappa shape index (κ3) is 2.83. The smallest absolute Gasteiger partial charge is 0.271 e. The van der Waals surface area contributed by atoms with Crippen molar-refractivity contribution in [3.8, 4) is 11.5 Å². The number of nitrogens with one attached hydrogen (secondary N) is 1. The van der Waals surface area contributed by atoms with Crippen LogP contribution in [0.4, 0.5) is 5.69 Å². The van der Waals surface area contributed by atoms with E-state index in [1.54, 1.807) is 30.3 Å². The van der Waals surface area contributed by atoms with Crippen molar-refractivity contribution >= 4 is 43.0 Å². The van der Waals surface area contributed by atoms with Crippen molar-refractivity contribution in [3.05, 3.63) is 34.1 Å². The Morgan fingerprint density at radius 1 is 1.09 bits per heavy atom. The second-order valence-corrected chi connectivity index (χ2v) is 10.0. The van der Waals surface area contributed by atoms with Gasteiger partial charge in [-0.05, 0) is 53.0 Å². The molecule has 8 heteroatoms. The fourth-order valence-electron chi connectivity index (χ4n) is 2.92. The highest BCUT2D eigenvalue weighted by atomic mass is 79.9. The Labute approximate surface area is 146 Å². The van der Waals surface area contributed by atoms with Gasteiger partial charge in [0.15, 0.2) is 11.5 Å². The zero-order valence-electron chi connectivity index (χ0n) is 12.0. The Morgan fingerprint density at radius 2 is 1.83 bits per heavy atom. The van der Waals surface area contributed by atoms with Crippen molar-refractivity contribution in [2.75, 3.05) is 4.72 Å². The van der Waals surface area contributed by atoms with E-state index in [0.29, 0.717) is 17.2 Å². The van der Waals surface area contributed by atoms with Gasteiger partial charge in [-0.25, -0.2) is 8.42 Å². The lowest BCUT2D eigenvalue weighted by Gasteiger charge is -2.21. The number of anilines is 1. The summed E-state index contributed by atoms with van der Waals surface area (Å²) in [5.74, 6) is 0.728. The van der Waals surface area contributed by atoms with Gasteiger partial charge in [0.2, 0.25) is 0 Å². The molecule has 0 radical (unpaired) electrons. The van der Waals surface area contributed by atoms with E-state index in [-0.39, 0.29) is 4.21 Å². The molecule has 1 aromatic heterocycles. The fourth-order valence-corrected chi connectivity index (χ4v) is 5.98. The van der Waals surface area contributed by atoms with E-state index in [0.717, 1.165) is 40.8 Å².